The highest BCUT2D eigenvalue weighted by Crippen LogP contribution is 2.31. The zero-order chi connectivity index (χ0) is 15.6. The van der Waals surface area contributed by atoms with Crippen LogP contribution in [0.5, 0.6) is 0 Å². The highest BCUT2D eigenvalue weighted by molar-refractivity contribution is 6.33. The van der Waals surface area contributed by atoms with Crippen molar-refractivity contribution in [2.24, 2.45) is 5.41 Å². The van der Waals surface area contributed by atoms with Crippen LogP contribution in [0.1, 0.15) is 26.5 Å². The fraction of sp³-hybridized carbons (Fsp3) is 0.312. The maximum atomic E-state index is 12.1. The van der Waals surface area contributed by atoms with Crippen LogP contribution in [-0.4, -0.2) is 11.0 Å². The van der Waals surface area contributed by atoms with E-state index in [1.807, 2.05) is 20.8 Å². The standard InChI is InChI=1S/C16H18ClNO3/c1-16(2,3)15(20)18-13-8-10(4-6-12(13)17)14-7-5-11(9-19)21-14/h4-8,19H,9H2,1-3H3,(H,18,20). The number of anilines is 1. The molecule has 0 atom stereocenters. The summed E-state index contributed by atoms with van der Waals surface area (Å²) in [5.41, 5.74) is 0.813. The molecule has 2 N–H and O–H groups in total. The molecule has 4 nitrogen and oxygen atoms in total. The lowest BCUT2D eigenvalue weighted by Crippen LogP contribution is -2.27. The number of nitrogens with one attached hydrogen (secondary N) is 1. The first-order valence-corrected chi connectivity index (χ1v) is 7.00. The summed E-state index contributed by atoms with van der Waals surface area (Å²) in [5, 5.41) is 12.3. The summed E-state index contributed by atoms with van der Waals surface area (Å²) < 4.78 is 5.48. The molecule has 5 heteroatoms. The molecule has 0 saturated carbocycles. The van der Waals surface area contributed by atoms with Crippen LogP contribution in [0.2, 0.25) is 5.02 Å². The van der Waals surface area contributed by atoms with E-state index in [4.69, 9.17) is 21.1 Å². The molecule has 0 unspecified atom stereocenters. The second-order valence-corrected chi connectivity index (χ2v) is 6.23. The number of hydrogen-bond donors (Lipinski definition) is 2. The van der Waals surface area contributed by atoms with Crippen molar-refractivity contribution >= 4 is 23.2 Å². The predicted octanol–water partition coefficient (Wildman–Crippen LogP) is 4.08. The van der Waals surface area contributed by atoms with E-state index in [-0.39, 0.29) is 12.5 Å². The summed E-state index contributed by atoms with van der Waals surface area (Å²) in [7, 11) is 0. The van der Waals surface area contributed by atoms with Crippen molar-refractivity contribution in [2.45, 2.75) is 27.4 Å². The van der Waals surface area contributed by atoms with Gasteiger partial charge >= 0.3 is 0 Å². The second kappa shape index (κ2) is 5.92. The van der Waals surface area contributed by atoms with Gasteiger partial charge < -0.3 is 14.8 Å². The van der Waals surface area contributed by atoms with Crippen molar-refractivity contribution in [3.63, 3.8) is 0 Å². The molecule has 1 heterocycles. The monoisotopic (exact) mass is 307 g/mol. The molecule has 1 aromatic heterocycles. The normalized spacial score (nSPS) is 11.5. The molecular formula is C16H18ClNO3. The minimum absolute atomic E-state index is 0.114. The minimum Gasteiger partial charge on any atom is -0.459 e. The molecular weight excluding hydrogens is 290 g/mol. The number of amides is 1. The smallest absolute Gasteiger partial charge is 0.229 e. The van der Waals surface area contributed by atoms with E-state index in [0.717, 1.165) is 5.56 Å². The molecule has 112 valence electrons. The van der Waals surface area contributed by atoms with Crippen molar-refractivity contribution in [1.29, 1.82) is 0 Å². The Morgan fingerprint density at radius 1 is 1.29 bits per heavy atom. The Bertz CT molecular complexity index is 656. The summed E-state index contributed by atoms with van der Waals surface area (Å²) in [4.78, 5) is 12.1. The number of aliphatic hydroxyl groups excluding tert-OH is 1. The number of aliphatic hydroxyl groups is 1. The van der Waals surface area contributed by atoms with Crippen LogP contribution in [0.3, 0.4) is 0 Å². The number of carbonyl (C=O) groups excluding carboxylic acids is 1. The summed E-state index contributed by atoms with van der Waals surface area (Å²) in [6, 6.07) is 8.73. The van der Waals surface area contributed by atoms with Gasteiger partial charge in [-0.1, -0.05) is 32.4 Å². The molecule has 21 heavy (non-hydrogen) atoms. The van der Waals surface area contributed by atoms with Crippen molar-refractivity contribution in [3.05, 3.63) is 41.1 Å². The first-order chi connectivity index (χ1) is 9.81. The molecule has 2 aromatic rings. The van der Waals surface area contributed by atoms with E-state index in [0.29, 0.717) is 22.2 Å². The Kier molecular flexibility index (Phi) is 4.40. The molecule has 0 bridgehead atoms. The number of rotatable bonds is 3. The number of carbonyl (C=O) groups is 1. The van der Waals surface area contributed by atoms with E-state index in [1.54, 1.807) is 30.3 Å². The van der Waals surface area contributed by atoms with E-state index >= 15 is 0 Å². The van der Waals surface area contributed by atoms with Crippen LogP contribution in [0.15, 0.2) is 34.7 Å². The maximum Gasteiger partial charge on any atom is 0.229 e. The maximum absolute atomic E-state index is 12.1. The third-order valence-corrected chi connectivity index (χ3v) is 3.33. The quantitative estimate of drug-likeness (QED) is 0.898. The van der Waals surface area contributed by atoms with E-state index in [2.05, 4.69) is 5.32 Å². The van der Waals surface area contributed by atoms with Crippen LogP contribution < -0.4 is 5.32 Å². The Morgan fingerprint density at radius 3 is 2.57 bits per heavy atom. The molecule has 1 aromatic carbocycles. The van der Waals surface area contributed by atoms with Gasteiger partial charge in [0, 0.05) is 11.0 Å². The van der Waals surface area contributed by atoms with Gasteiger partial charge in [0.1, 0.15) is 18.1 Å². The van der Waals surface area contributed by atoms with Gasteiger partial charge in [-0.2, -0.15) is 0 Å². The lowest BCUT2D eigenvalue weighted by atomic mass is 9.95. The summed E-state index contributed by atoms with van der Waals surface area (Å²) in [6.07, 6.45) is 0. The highest BCUT2D eigenvalue weighted by atomic mass is 35.5. The van der Waals surface area contributed by atoms with E-state index in [1.165, 1.54) is 0 Å². The zero-order valence-corrected chi connectivity index (χ0v) is 13.0. The van der Waals surface area contributed by atoms with Gasteiger partial charge in [-0.15, -0.1) is 0 Å². The third kappa shape index (κ3) is 3.65. The average Bonchev–Trinajstić information content (AvgIpc) is 2.89. The van der Waals surface area contributed by atoms with Crippen LogP contribution in [0, 0.1) is 5.41 Å². The van der Waals surface area contributed by atoms with Gasteiger partial charge in [-0.25, -0.2) is 0 Å². The first-order valence-electron chi connectivity index (χ1n) is 6.62. The fourth-order valence-corrected chi connectivity index (χ4v) is 1.87. The Balaban J connectivity index is 2.31. The molecule has 0 saturated heterocycles. The molecule has 2 rings (SSSR count). The van der Waals surface area contributed by atoms with Gasteiger partial charge in [-0.3, -0.25) is 4.79 Å². The highest BCUT2D eigenvalue weighted by Gasteiger charge is 2.22. The van der Waals surface area contributed by atoms with Crippen molar-refractivity contribution < 1.29 is 14.3 Å². The van der Waals surface area contributed by atoms with Crippen molar-refractivity contribution in [1.82, 2.24) is 0 Å². The largest absolute Gasteiger partial charge is 0.459 e. The summed E-state index contributed by atoms with van der Waals surface area (Å²) >= 11 is 6.12. The molecule has 0 radical (unpaired) electrons. The number of furan rings is 1. The van der Waals surface area contributed by atoms with Gasteiger partial charge in [0.05, 0.1) is 10.7 Å². The Labute approximate surface area is 128 Å². The summed E-state index contributed by atoms with van der Waals surface area (Å²) in [5.74, 6) is 0.985. The van der Waals surface area contributed by atoms with Gasteiger partial charge in [0.25, 0.3) is 0 Å². The lowest BCUT2D eigenvalue weighted by Gasteiger charge is -2.18. The van der Waals surface area contributed by atoms with Crippen LogP contribution in [-0.2, 0) is 11.4 Å². The summed E-state index contributed by atoms with van der Waals surface area (Å²) in [6.45, 7) is 5.35. The number of benzene rings is 1. The van der Waals surface area contributed by atoms with Gasteiger partial charge in [0.2, 0.25) is 5.91 Å². The van der Waals surface area contributed by atoms with Crippen LogP contribution >= 0.6 is 11.6 Å². The average molecular weight is 308 g/mol. The van der Waals surface area contributed by atoms with Gasteiger partial charge in [-0.05, 0) is 30.3 Å². The van der Waals surface area contributed by atoms with Crippen LogP contribution in [0.25, 0.3) is 11.3 Å². The third-order valence-electron chi connectivity index (χ3n) is 3.00. The van der Waals surface area contributed by atoms with Crippen molar-refractivity contribution in [3.8, 4) is 11.3 Å². The number of hydrogen-bond acceptors (Lipinski definition) is 3. The molecule has 0 aliphatic heterocycles. The zero-order valence-electron chi connectivity index (χ0n) is 12.2. The minimum atomic E-state index is -0.506. The van der Waals surface area contributed by atoms with Gasteiger partial charge in [0.15, 0.2) is 0 Å². The molecule has 1 amide bonds. The SMILES string of the molecule is CC(C)(C)C(=O)Nc1cc(-c2ccc(CO)o2)ccc1Cl. The molecule has 0 aliphatic rings. The Hall–Kier alpha value is -1.78. The Morgan fingerprint density at radius 2 is 2.00 bits per heavy atom. The second-order valence-electron chi connectivity index (χ2n) is 5.82. The molecule has 0 spiro atoms. The number of halogens is 1. The van der Waals surface area contributed by atoms with Crippen LogP contribution in [0.4, 0.5) is 5.69 Å². The first kappa shape index (κ1) is 15.6. The molecule has 0 aliphatic carbocycles. The van der Waals surface area contributed by atoms with E-state index < -0.39 is 5.41 Å². The lowest BCUT2D eigenvalue weighted by molar-refractivity contribution is -0.123. The van der Waals surface area contributed by atoms with Crippen molar-refractivity contribution in [2.75, 3.05) is 5.32 Å². The topological polar surface area (TPSA) is 62.5 Å². The van der Waals surface area contributed by atoms with E-state index in [9.17, 15) is 4.79 Å². The molecule has 0 fully saturated rings. The predicted molar refractivity (Wildman–Crippen MR) is 83.2 cm³/mol. The fourth-order valence-electron chi connectivity index (χ4n) is 1.70.